The topological polar surface area (TPSA) is 52.7 Å². The summed E-state index contributed by atoms with van der Waals surface area (Å²) in [5.74, 6) is -0.0531. The molecule has 0 aromatic heterocycles. The summed E-state index contributed by atoms with van der Waals surface area (Å²) in [4.78, 5) is 27.2. The van der Waals surface area contributed by atoms with Crippen LogP contribution >= 0.6 is 11.6 Å². The van der Waals surface area contributed by atoms with Crippen molar-refractivity contribution in [2.45, 2.75) is 6.54 Å². The zero-order chi connectivity index (χ0) is 14.5. The van der Waals surface area contributed by atoms with E-state index in [0.29, 0.717) is 24.7 Å². The number of amides is 2. The number of piperazine rings is 1. The summed E-state index contributed by atoms with van der Waals surface area (Å²) in [5.41, 5.74) is 1.04. The average molecular weight is 296 g/mol. The zero-order valence-corrected chi connectivity index (χ0v) is 12.2. The molecule has 0 saturated carbocycles. The van der Waals surface area contributed by atoms with E-state index < -0.39 is 0 Å². The van der Waals surface area contributed by atoms with E-state index in [4.69, 9.17) is 11.6 Å². The van der Waals surface area contributed by atoms with Crippen molar-refractivity contribution in [3.05, 3.63) is 34.9 Å². The standard InChI is InChI=1S/C14H18ClN3O2/c1-16-8-13(19)18-7-6-17(14(20)10-18)9-11-2-4-12(15)5-3-11/h2-5,16H,6-10H2,1H3. The van der Waals surface area contributed by atoms with Crippen LogP contribution in [0.15, 0.2) is 24.3 Å². The molecule has 1 aromatic carbocycles. The third-order valence-corrected chi connectivity index (χ3v) is 3.54. The van der Waals surface area contributed by atoms with Crippen LogP contribution < -0.4 is 5.32 Å². The molecule has 0 spiro atoms. The monoisotopic (exact) mass is 295 g/mol. The molecule has 108 valence electrons. The quantitative estimate of drug-likeness (QED) is 0.891. The summed E-state index contributed by atoms with van der Waals surface area (Å²) in [6.45, 7) is 2.14. The van der Waals surface area contributed by atoms with E-state index in [9.17, 15) is 9.59 Å². The van der Waals surface area contributed by atoms with E-state index in [2.05, 4.69) is 5.32 Å². The molecule has 0 aliphatic carbocycles. The van der Waals surface area contributed by atoms with Gasteiger partial charge in [0, 0.05) is 24.7 Å². The summed E-state index contributed by atoms with van der Waals surface area (Å²) in [6, 6.07) is 7.45. The highest BCUT2D eigenvalue weighted by Gasteiger charge is 2.26. The first-order valence-electron chi connectivity index (χ1n) is 6.54. The van der Waals surface area contributed by atoms with E-state index in [1.54, 1.807) is 16.8 Å². The van der Waals surface area contributed by atoms with Crippen molar-refractivity contribution < 1.29 is 9.59 Å². The molecule has 20 heavy (non-hydrogen) atoms. The fourth-order valence-corrected chi connectivity index (χ4v) is 2.29. The maximum atomic E-state index is 12.1. The first-order chi connectivity index (χ1) is 9.60. The Kier molecular flexibility index (Phi) is 4.98. The van der Waals surface area contributed by atoms with Crippen molar-refractivity contribution in [1.82, 2.24) is 15.1 Å². The second kappa shape index (κ2) is 6.72. The van der Waals surface area contributed by atoms with Gasteiger partial charge in [-0.1, -0.05) is 23.7 Å². The van der Waals surface area contributed by atoms with Crippen LogP contribution in [0.1, 0.15) is 5.56 Å². The van der Waals surface area contributed by atoms with Crippen LogP contribution in [0.25, 0.3) is 0 Å². The Hall–Kier alpha value is -1.59. The Morgan fingerprint density at radius 1 is 1.30 bits per heavy atom. The minimum absolute atomic E-state index is 0.0179. The zero-order valence-electron chi connectivity index (χ0n) is 11.4. The largest absolute Gasteiger partial charge is 0.335 e. The number of halogens is 1. The van der Waals surface area contributed by atoms with Gasteiger partial charge in [0.2, 0.25) is 11.8 Å². The summed E-state index contributed by atoms with van der Waals surface area (Å²) in [5, 5.41) is 3.49. The van der Waals surface area contributed by atoms with Gasteiger partial charge in [-0.3, -0.25) is 9.59 Å². The third-order valence-electron chi connectivity index (χ3n) is 3.29. The number of carbonyl (C=O) groups excluding carboxylic acids is 2. The van der Waals surface area contributed by atoms with Crippen LogP contribution in [-0.4, -0.2) is 54.8 Å². The van der Waals surface area contributed by atoms with Gasteiger partial charge in [-0.25, -0.2) is 0 Å². The van der Waals surface area contributed by atoms with Gasteiger partial charge < -0.3 is 15.1 Å². The van der Waals surface area contributed by atoms with Crippen molar-refractivity contribution in [3.8, 4) is 0 Å². The lowest BCUT2D eigenvalue weighted by atomic mass is 10.2. The van der Waals surface area contributed by atoms with Crippen molar-refractivity contribution >= 4 is 23.4 Å². The van der Waals surface area contributed by atoms with Gasteiger partial charge >= 0.3 is 0 Å². The number of nitrogens with zero attached hydrogens (tertiary/aromatic N) is 2. The second-order valence-electron chi connectivity index (χ2n) is 4.79. The molecule has 1 heterocycles. The number of nitrogens with one attached hydrogen (secondary N) is 1. The molecule has 0 radical (unpaired) electrons. The molecular formula is C14H18ClN3O2. The molecule has 1 fully saturated rings. The van der Waals surface area contributed by atoms with Crippen LogP contribution in [0.3, 0.4) is 0 Å². The summed E-state index contributed by atoms with van der Waals surface area (Å²) < 4.78 is 0. The van der Waals surface area contributed by atoms with Gasteiger partial charge in [0.05, 0.1) is 13.1 Å². The lowest BCUT2D eigenvalue weighted by Crippen LogP contribution is -2.53. The lowest BCUT2D eigenvalue weighted by molar-refractivity contribution is -0.145. The normalized spacial score (nSPS) is 15.6. The average Bonchev–Trinajstić information content (AvgIpc) is 2.43. The maximum absolute atomic E-state index is 12.1. The Morgan fingerprint density at radius 2 is 2.00 bits per heavy atom. The Bertz CT molecular complexity index is 490. The van der Waals surface area contributed by atoms with Gasteiger partial charge in [-0.05, 0) is 24.7 Å². The summed E-state index contributed by atoms with van der Waals surface area (Å²) >= 11 is 5.84. The highest BCUT2D eigenvalue weighted by atomic mass is 35.5. The number of likely N-dealkylation sites (N-methyl/N-ethyl adjacent to an activating group) is 1. The molecule has 2 rings (SSSR count). The Labute approximate surface area is 123 Å². The molecular weight excluding hydrogens is 278 g/mol. The number of carbonyl (C=O) groups is 2. The molecule has 6 heteroatoms. The van der Waals surface area contributed by atoms with Crippen LogP contribution in [0.5, 0.6) is 0 Å². The van der Waals surface area contributed by atoms with Gasteiger partial charge in [-0.15, -0.1) is 0 Å². The molecule has 0 atom stereocenters. The molecule has 0 bridgehead atoms. The molecule has 5 nitrogen and oxygen atoms in total. The van der Waals surface area contributed by atoms with E-state index in [1.165, 1.54) is 0 Å². The number of benzene rings is 1. The van der Waals surface area contributed by atoms with Crippen molar-refractivity contribution in [3.63, 3.8) is 0 Å². The molecule has 1 N–H and O–H groups in total. The van der Waals surface area contributed by atoms with Crippen LogP contribution in [0, 0.1) is 0 Å². The molecule has 1 aliphatic rings. The van der Waals surface area contributed by atoms with E-state index in [0.717, 1.165) is 5.56 Å². The van der Waals surface area contributed by atoms with E-state index in [-0.39, 0.29) is 24.9 Å². The predicted molar refractivity (Wildman–Crippen MR) is 77.4 cm³/mol. The second-order valence-corrected chi connectivity index (χ2v) is 5.22. The SMILES string of the molecule is CNCC(=O)N1CCN(Cc2ccc(Cl)cc2)C(=O)C1. The number of hydrogen-bond donors (Lipinski definition) is 1. The van der Waals surface area contributed by atoms with E-state index >= 15 is 0 Å². The minimum atomic E-state index is -0.0352. The van der Waals surface area contributed by atoms with Crippen LogP contribution in [-0.2, 0) is 16.1 Å². The van der Waals surface area contributed by atoms with Crippen molar-refractivity contribution in [1.29, 1.82) is 0 Å². The van der Waals surface area contributed by atoms with Crippen molar-refractivity contribution in [2.24, 2.45) is 0 Å². The molecule has 2 amide bonds. The Morgan fingerprint density at radius 3 is 2.60 bits per heavy atom. The molecule has 1 aromatic rings. The Balaban J connectivity index is 1.91. The fraction of sp³-hybridized carbons (Fsp3) is 0.429. The highest BCUT2D eigenvalue weighted by molar-refractivity contribution is 6.30. The molecule has 0 unspecified atom stereocenters. The van der Waals surface area contributed by atoms with Crippen LogP contribution in [0.4, 0.5) is 0 Å². The van der Waals surface area contributed by atoms with Gasteiger partial charge in [-0.2, -0.15) is 0 Å². The number of hydrogen-bond acceptors (Lipinski definition) is 3. The molecule has 1 aliphatic heterocycles. The third kappa shape index (κ3) is 3.71. The lowest BCUT2D eigenvalue weighted by Gasteiger charge is -2.34. The van der Waals surface area contributed by atoms with Crippen LogP contribution in [0.2, 0.25) is 5.02 Å². The fourth-order valence-electron chi connectivity index (χ4n) is 2.16. The van der Waals surface area contributed by atoms with Gasteiger partial charge in [0.25, 0.3) is 0 Å². The van der Waals surface area contributed by atoms with Gasteiger partial charge in [0.1, 0.15) is 0 Å². The first-order valence-corrected chi connectivity index (χ1v) is 6.92. The highest BCUT2D eigenvalue weighted by Crippen LogP contribution is 2.13. The summed E-state index contributed by atoms with van der Waals surface area (Å²) in [7, 11) is 1.72. The molecule has 1 saturated heterocycles. The maximum Gasteiger partial charge on any atom is 0.242 e. The van der Waals surface area contributed by atoms with Crippen molar-refractivity contribution in [2.75, 3.05) is 33.2 Å². The first kappa shape index (κ1) is 14.8. The van der Waals surface area contributed by atoms with E-state index in [1.807, 2.05) is 24.3 Å². The predicted octanol–water partition coefficient (Wildman–Crippen LogP) is 0.730. The summed E-state index contributed by atoms with van der Waals surface area (Å²) in [6.07, 6.45) is 0. The number of rotatable bonds is 4. The minimum Gasteiger partial charge on any atom is -0.335 e. The van der Waals surface area contributed by atoms with Gasteiger partial charge in [0.15, 0.2) is 0 Å². The smallest absolute Gasteiger partial charge is 0.242 e.